The van der Waals surface area contributed by atoms with Gasteiger partial charge in [-0.05, 0) is 29.5 Å². The number of rotatable bonds is 6. The summed E-state index contributed by atoms with van der Waals surface area (Å²) in [5.74, 6) is 0.659. The molecular formula is C13H17O3. The third-order valence-corrected chi connectivity index (χ3v) is 2.67. The number of ether oxygens (including phenoxy) is 1. The van der Waals surface area contributed by atoms with Gasteiger partial charge < -0.3 is 9.84 Å². The fourth-order valence-electron chi connectivity index (χ4n) is 1.54. The molecule has 0 heterocycles. The molecule has 0 aliphatic carbocycles. The van der Waals surface area contributed by atoms with Crippen molar-refractivity contribution in [3.63, 3.8) is 0 Å². The molecule has 0 fully saturated rings. The van der Waals surface area contributed by atoms with Crippen LogP contribution in [-0.2, 0) is 10.2 Å². The van der Waals surface area contributed by atoms with Crippen LogP contribution >= 0.6 is 0 Å². The van der Waals surface area contributed by atoms with Gasteiger partial charge in [-0.1, -0.05) is 26.0 Å². The first-order valence-electron chi connectivity index (χ1n) is 5.29. The van der Waals surface area contributed by atoms with Gasteiger partial charge in [0.15, 0.2) is 6.61 Å². The molecule has 0 aliphatic rings. The molecule has 16 heavy (non-hydrogen) atoms. The third-order valence-electron chi connectivity index (χ3n) is 2.67. The van der Waals surface area contributed by atoms with Gasteiger partial charge in [0.05, 0.1) is 0 Å². The lowest BCUT2D eigenvalue weighted by Crippen LogP contribution is -2.18. The van der Waals surface area contributed by atoms with E-state index >= 15 is 0 Å². The van der Waals surface area contributed by atoms with Gasteiger partial charge in [-0.25, -0.2) is 0 Å². The van der Waals surface area contributed by atoms with E-state index in [2.05, 4.69) is 13.8 Å². The average Bonchev–Trinajstić information content (AvgIpc) is 2.27. The van der Waals surface area contributed by atoms with E-state index in [9.17, 15) is 4.79 Å². The highest BCUT2D eigenvalue weighted by molar-refractivity contribution is 5.52. The van der Waals surface area contributed by atoms with Gasteiger partial charge in [0.25, 0.3) is 0 Å². The van der Waals surface area contributed by atoms with Crippen molar-refractivity contribution >= 4 is 6.29 Å². The largest absolute Gasteiger partial charge is 0.485 e. The van der Waals surface area contributed by atoms with Crippen molar-refractivity contribution in [1.29, 1.82) is 0 Å². The lowest BCUT2D eigenvalue weighted by molar-refractivity contribution is 0.252. The van der Waals surface area contributed by atoms with Gasteiger partial charge in [0.2, 0.25) is 6.29 Å². The minimum absolute atomic E-state index is 0.0423. The summed E-state index contributed by atoms with van der Waals surface area (Å²) < 4.78 is 5.11. The Bertz CT molecular complexity index is 328. The quantitative estimate of drug-likeness (QED) is 0.797. The van der Waals surface area contributed by atoms with Crippen LogP contribution in [0.5, 0.6) is 5.75 Å². The Morgan fingerprint density at radius 1 is 1.31 bits per heavy atom. The molecule has 0 saturated heterocycles. The van der Waals surface area contributed by atoms with Crippen LogP contribution in [0.3, 0.4) is 0 Å². The normalized spacial score (nSPS) is 11.2. The van der Waals surface area contributed by atoms with Gasteiger partial charge in [0, 0.05) is 6.61 Å². The molecule has 0 aromatic heterocycles. The Labute approximate surface area is 96.1 Å². The smallest absolute Gasteiger partial charge is 0.239 e. The number of benzene rings is 1. The summed E-state index contributed by atoms with van der Waals surface area (Å²) in [5.41, 5.74) is 1.09. The first kappa shape index (κ1) is 12.7. The van der Waals surface area contributed by atoms with E-state index in [0.29, 0.717) is 5.75 Å². The summed E-state index contributed by atoms with van der Waals surface area (Å²) in [6, 6.07) is 7.56. The summed E-state index contributed by atoms with van der Waals surface area (Å²) in [6.07, 6.45) is 2.39. The molecule has 0 bridgehead atoms. The van der Waals surface area contributed by atoms with Crippen LogP contribution < -0.4 is 4.74 Å². The van der Waals surface area contributed by atoms with E-state index in [4.69, 9.17) is 9.84 Å². The standard InChI is InChI=1S/C13H17O3/c1-13(2,7-8-14)11-3-5-12(6-4-11)16-10-9-15/h3-6,14H,7-8,10H2,1-2H3. The maximum Gasteiger partial charge on any atom is 0.239 e. The van der Waals surface area contributed by atoms with Crippen LogP contribution in [0.4, 0.5) is 0 Å². The fourth-order valence-corrected chi connectivity index (χ4v) is 1.54. The van der Waals surface area contributed by atoms with Gasteiger partial charge in [0.1, 0.15) is 5.75 Å². The van der Waals surface area contributed by atoms with E-state index in [-0.39, 0.29) is 18.6 Å². The topological polar surface area (TPSA) is 46.5 Å². The molecule has 0 aliphatic heterocycles. The first-order valence-corrected chi connectivity index (χ1v) is 5.29. The lowest BCUT2D eigenvalue weighted by Gasteiger charge is -2.24. The second-order valence-electron chi connectivity index (χ2n) is 4.31. The first-order chi connectivity index (χ1) is 7.60. The predicted octanol–water partition coefficient (Wildman–Crippen LogP) is 1.84. The molecule has 0 atom stereocenters. The highest BCUT2D eigenvalue weighted by Crippen LogP contribution is 2.27. The van der Waals surface area contributed by atoms with Crippen LogP contribution in [0.2, 0.25) is 0 Å². The van der Waals surface area contributed by atoms with E-state index in [0.717, 1.165) is 12.0 Å². The van der Waals surface area contributed by atoms with E-state index in [1.807, 2.05) is 24.3 Å². The van der Waals surface area contributed by atoms with Crippen LogP contribution in [0.1, 0.15) is 25.8 Å². The summed E-state index contributed by atoms with van der Waals surface area (Å²) >= 11 is 0. The summed E-state index contributed by atoms with van der Waals surface area (Å²) in [4.78, 5) is 10.0. The minimum atomic E-state index is -0.0515. The predicted molar refractivity (Wildman–Crippen MR) is 62.4 cm³/mol. The van der Waals surface area contributed by atoms with Crippen molar-refractivity contribution in [3.8, 4) is 5.75 Å². The van der Waals surface area contributed by atoms with Gasteiger partial charge in [-0.2, -0.15) is 0 Å². The molecule has 87 valence electrons. The average molecular weight is 221 g/mol. The molecular weight excluding hydrogens is 204 g/mol. The molecule has 3 nitrogen and oxygen atoms in total. The molecule has 0 unspecified atom stereocenters. The van der Waals surface area contributed by atoms with Crippen molar-refractivity contribution in [1.82, 2.24) is 0 Å². The highest BCUT2D eigenvalue weighted by atomic mass is 16.5. The monoisotopic (exact) mass is 221 g/mol. The summed E-state index contributed by atoms with van der Waals surface area (Å²) in [7, 11) is 0. The van der Waals surface area contributed by atoms with Crippen LogP contribution in [0, 0.1) is 0 Å². The van der Waals surface area contributed by atoms with Gasteiger partial charge in [-0.15, -0.1) is 0 Å². The molecule has 1 N–H and O–H groups in total. The van der Waals surface area contributed by atoms with E-state index in [1.165, 1.54) is 0 Å². The number of aliphatic hydroxyl groups is 1. The maximum atomic E-state index is 10.0. The number of hydrogen-bond acceptors (Lipinski definition) is 3. The van der Waals surface area contributed by atoms with E-state index in [1.54, 1.807) is 6.29 Å². The molecule has 0 saturated carbocycles. The second kappa shape index (κ2) is 5.66. The third kappa shape index (κ3) is 3.35. The SMILES string of the molecule is CC(C)(CCO)c1ccc(OC[C]=O)cc1. The van der Waals surface area contributed by atoms with Crippen molar-refractivity contribution in [2.24, 2.45) is 0 Å². The number of aliphatic hydroxyl groups excluding tert-OH is 1. The zero-order valence-electron chi connectivity index (χ0n) is 9.69. The number of hydrogen-bond donors (Lipinski definition) is 1. The molecule has 1 aromatic rings. The zero-order chi connectivity index (χ0) is 12.0. The molecule has 1 radical (unpaired) electrons. The van der Waals surface area contributed by atoms with Crippen LogP contribution in [0.25, 0.3) is 0 Å². The minimum Gasteiger partial charge on any atom is -0.485 e. The Morgan fingerprint density at radius 2 is 1.94 bits per heavy atom. The molecule has 1 aromatic carbocycles. The summed E-state index contributed by atoms with van der Waals surface area (Å²) in [5, 5.41) is 8.97. The zero-order valence-corrected chi connectivity index (χ0v) is 9.69. The van der Waals surface area contributed by atoms with Crippen molar-refractivity contribution in [2.45, 2.75) is 25.7 Å². The fraction of sp³-hybridized carbons (Fsp3) is 0.462. The van der Waals surface area contributed by atoms with Crippen molar-refractivity contribution in [3.05, 3.63) is 29.8 Å². The van der Waals surface area contributed by atoms with Crippen molar-refractivity contribution in [2.75, 3.05) is 13.2 Å². The van der Waals surface area contributed by atoms with Crippen LogP contribution in [-0.4, -0.2) is 24.6 Å². The van der Waals surface area contributed by atoms with Crippen LogP contribution in [0.15, 0.2) is 24.3 Å². The highest BCUT2D eigenvalue weighted by Gasteiger charge is 2.19. The Hall–Kier alpha value is -1.35. The van der Waals surface area contributed by atoms with E-state index < -0.39 is 0 Å². The van der Waals surface area contributed by atoms with Crippen molar-refractivity contribution < 1.29 is 14.6 Å². The molecule has 0 amide bonds. The molecule has 1 rings (SSSR count). The number of carbonyl (C=O) groups excluding carboxylic acids is 1. The molecule has 0 spiro atoms. The second-order valence-corrected chi connectivity index (χ2v) is 4.31. The summed E-state index contributed by atoms with van der Waals surface area (Å²) in [6.45, 7) is 4.29. The van der Waals surface area contributed by atoms with Gasteiger partial charge in [-0.3, -0.25) is 4.79 Å². The Balaban J connectivity index is 2.73. The Morgan fingerprint density at radius 3 is 2.44 bits per heavy atom. The molecule has 3 heteroatoms. The lowest BCUT2D eigenvalue weighted by atomic mass is 9.82. The maximum absolute atomic E-state index is 10.0. The van der Waals surface area contributed by atoms with Gasteiger partial charge >= 0.3 is 0 Å². The Kier molecular flexibility index (Phi) is 4.50.